The fourth-order valence-corrected chi connectivity index (χ4v) is 2.33. The van der Waals surface area contributed by atoms with E-state index in [4.69, 9.17) is 14.0 Å². The van der Waals surface area contributed by atoms with Gasteiger partial charge in [0.1, 0.15) is 0 Å². The monoisotopic (exact) mass is 316 g/mol. The molecule has 0 amide bonds. The van der Waals surface area contributed by atoms with E-state index in [1.54, 1.807) is 0 Å². The Labute approximate surface area is 141 Å². The maximum absolute atomic E-state index is 6.07. The predicted octanol–water partition coefficient (Wildman–Crippen LogP) is 3.82. The summed E-state index contributed by atoms with van der Waals surface area (Å²) in [5.41, 5.74) is 1.61. The maximum atomic E-state index is 6.07. The standard InChI is InChI=1S/C19H29BO3/c1-6-7-14-21-15-8-9-16-10-12-17(13-11-16)20-22-18(2,3)19(4,5)23-20/h8-13H,6-7,14-15H2,1-5H3. The van der Waals surface area contributed by atoms with Crippen LogP contribution in [0.3, 0.4) is 0 Å². The van der Waals surface area contributed by atoms with E-state index in [0.29, 0.717) is 6.61 Å². The molecule has 3 nitrogen and oxygen atoms in total. The second kappa shape index (κ2) is 7.65. The highest BCUT2D eigenvalue weighted by Crippen LogP contribution is 2.36. The second-order valence-electron chi connectivity index (χ2n) is 7.09. The molecular weight excluding hydrogens is 287 g/mol. The van der Waals surface area contributed by atoms with Crippen LogP contribution in [0, 0.1) is 0 Å². The minimum absolute atomic E-state index is 0.296. The molecule has 1 saturated heterocycles. The molecule has 23 heavy (non-hydrogen) atoms. The highest BCUT2D eigenvalue weighted by molar-refractivity contribution is 6.62. The lowest BCUT2D eigenvalue weighted by atomic mass is 9.79. The van der Waals surface area contributed by atoms with Crippen LogP contribution in [-0.2, 0) is 14.0 Å². The fraction of sp³-hybridized carbons (Fsp3) is 0.579. The van der Waals surface area contributed by atoms with Crippen molar-refractivity contribution in [2.45, 2.75) is 58.7 Å². The van der Waals surface area contributed by atoms with Crippen LogP contribution in [0.2, 0.25) is 0 Å². The summed E-state index contributed by atoms with van der Waals surface area (Å²) in [5.74, 6) is 0. The molecule has 1 heterocycles. The highest BCUT2D eigenvalue weighted by Gasteiger charge is 2.51. The molecule has 4 heteroatoms. The summed E-state index contributed by atoms with van der Waals surface area (Å²) in [6.45, 7) is 12.0. The zero-order chi connectivity index (χ0) is 16.9. The second-order valence-corrected chi connectivity index (χ2v) is 7.09. The first-order valence-corrected chi connectivity index (χ1v) is 8.55. The Hall–Kier alpha value is -1.10. The van der Waals surface area contributed by atoms with Gasteiger partial charge in [-0.3, -0.25) is 0 Å². The molecule has 0 unspecified atom stereocenters. The zero-order valence-corrected chi connectivity index (χ0v) is 15.1. The molecule has 0 atom stereocenters. The van der Waals surface area contributed by atoms with E-state index in [-0.39, 0.29) is 18.3 Å². The molecule has 2 rings (SSSR count). The Kier molecular flexibility index (Phi) is 6.07. The van der Waals surface area contributed by atoms with Crippen LogP contribution in [-0.4, -0.2) is 31.5 Å². The van der Waals surface area contributed by atoms with Gasteiger partial charge in [0.25, 0.3) is 0 Å². The Morgan fingerprint density at radius 3 is 2.22 bits per heavy atom. The average molecular weight is 316 g/mol. The zero-order valence-electron chi connectivity index (χ0n) is 15.1. The summed E-state index contributed by atoms with van der Waals surface area (Å²) in [7, 11) is -0.296. The summed E-state index contributed by atoms with van der Waals surface area (Å²) < 4.78 is 17.7. The number of hydrogen-bond donors (Lipinski definition) is 0. The van der Waals surface area contributed by atoms with Crippen LogP contribution in [0.5, 0.6) is 0 Å². The van der Waals surface area contributed by atoms with E-state index in [0.717, 1.165) is 24.1 Å². The van der Waals surface area contributed by atoms with Gasteiger partial charge in [-0.05, 0) is 45.1 Å². The fourth-order valence-electron chi connectivity index (χ4n) is 2.33. The molecule has 126 valence electrons. The van der Waals surface area contributed by atoms with Gasteiger partial charge in [-0.25, -0.2) is 0 Å². The smallest absolute Gasteiger partial charge is 0.399 e. The molecule has 0 aromatic heterocycles. The largest absolute Gasteiger partial charge is 0.494 e. The number of hydrogen-bond acceptors (Lipinski definition) is 3. The lowest BCUT2D eigenvalue weighted by Gasteiger charge is -2.32. The van der Waals surface area contributed by atoms with E-state index in [2.05, 4.69) is 71.0 Å². The van der Waals surface area contributed by atoms with Gasteiger partial charge in [0.05, 0.1) is 17.8 Å². The molecule has 0 N–H and O–H groups in total. The van der Waals surface area contributed by atoms with Crippen LogP contribution < -0.4 is 5.46 Å². The van der Waals surface area contributed by atoms with Crippen LogP contribution in [0.15, 0.2) is 30.3 Å². The molecule has 1 aromatic carbocycles. The van der Waals surface area contributed by atoms with Gasteiger partial charge >= 0.3 is 7.12 Å². The molecule has 0 radical (unpaired) electrons. The number of rotatable bonds is 7. The van der Waals surface area contributed by atoms with E-state index < -0.39 is 0 Å². The van der Waals surface area contributed by atoms with Gasteiger partial charge < -0.3 is 14.0 Å². The van der Waals surface area contributed by atoms with Crippen molar-refractivity contribution in [3.05, 3.63) is 35.9 Å². The van der Waals surface area contributed by atoms with Crippen LogP contribution in [0.25, 0.3) is 6.08 Å². The third-order valence-electron chi connectivity index (χ3n) is 4.63. The SMILES string of the molecule is CCCCOCC=Cc1ccc(B2OC(C)(C)C(C)(C)O2)cc1. The predicted molar refractivity (Wildman–Crippen MR) is 96.9 cm³/mol. The first kappa shape index (κ1) is 18.2. The van der Waals surface area contributed by atoms with Crippen LogP contribution in [0.1, 0.15) is 53.0 Å². The first-order chi connectivity index (χ1) is 10.9. The van der Waals surface area contributed by atoms with E-state index in [9.17, 15) is 0 Å². The summed E-state index contributed by atoms with van der Waals surface area (Å²) in [6.07, 6.45) is 6.43. The molecule has 0 spiro atoms. The third-order valence-corrected chi connectivity index (χ3v) is 4.63. The van der Waals surface area contributed by atoms with Gasteiger partial charge in [0.15, 0.2) is 0 Å². The molecule has 0 aliphatic carbocycles. The Balaban J connectivity index is 1.89. The van der Waals surface area contributed by atoms with Gasteiger partial charge in [-0.1, -0.05) is 49.8 Å². The van der Waals surface area contributed by atoms with Gasteiger partial charge in [-0.2, -0.15) is 0 Å². The van der Waals surface area contributed by atoms with Crippen molar-refractivity contribution in [3.63, 3.8) is 0 Å². The lowest BCUT2D eigenvalue weighted by molar-refractivity contribution is 0.00578. The van der Waals surface area contributed by atoms with Crippen LogP contribution in [0.4, 0.5) is 0 Å². The molecular formula is C19H29BO3. The molecule has 0 saturated carbocycles. The topological polar surface area (TPSA) is 27.7 Å². The van der Waals surface area contributed by atoms with Crippen molar-refractivity contribution < 1.29 is 14.0 Å². The molecule has 1 aliphatic heterocycles. The Morgan fingerprint density at radius 1 is 1.04 bits per heavy atom. The van der Waals surface area contributed by atoms with Gasteiger partial charge in [0, 0.05) is 6.61 Å². The Morgan fingerprint density at radius 2 is 1.65 bits per heavy atom. The molecule has 0 bridgehead atoms. The van der Waals surface area contributed by atoms with Crippen molar-refractivity contribution in [1.82, 2.24) is 0 Å². The van der Waals surface area contributed by atoms with E-state index >= 15 is 0 Å². The van der Waals surface area contributed by atoms with Crippen molar-refractivity contribution in [1.29, 1.82) is 0 Å². The third kappa shape index (κ3) is 4.69. The molecule has 1 aromatic rings. The Bertz CT molecular complexity index is 504. The van der Waals surface area contributed by atoms with E-state index in [1.807, 2.05) is 0 Å². The molecule has 1 aliphatic rings. The minimum Gasteiger partial charge on any atom is -0.399 e. The molecule has 1 fully saturated rings. The van der Waals surface area contributed by atoms with Crippen molar-refractivity contribution in [2.24, 2.45) is 0 Å². The highest BCUT2D eigenvalue weighted by atomic mass is 16.7. The summed E-state index contributed by atoms with van der Waals surface area (Å²) >= 11 is 0. The van der Waals surface area contributed by atoms with Crippen molar-refractivity contribution in [2.75, 3.05) is 13.2 Å². The van der Waals surface area contributed by atoms with Crippen molar-refractivity contribution in [3.8, 4) is 0 Å². The van der Waals surface area contributed by atoms with Crippen LogP contribution >= 0.6 is 0 Å². The van der Waals surface area contributed by atoms with Gasteiger partial charge in [0.2, 0.25) is 0 Å². The average Bonchev–Trinajstić information content (AvgIpc) is 2.72. The maximum Gasteiger partial charge on any atom is 0.494 e. The normalized spacial score (nSPS) is 19.6. The number of ether oxygens (including phenoxy) is 1. The summed E-state index contributed by atoms with van der Waals surface area (Å²) in [5, 5.41) is 0. The summed E-state index contributed by atoms with van der Waals surface area (Å²) in [4.78, 5) is 0. The number of unbranched alkanes of at least 4 members (excludes halogenated alkanes) is 1. The van der Waals surface area contributed by atoms with Crippen molar-refractivity contribution >= 4 is 18.7 Å². The quantitative estimate of drug-likeness (QED) is 0.565. The first-order valence-electron chi connectivity index (χ1n) is 8.55. The minimum atomic E-state index is -0.300. The van der Waals surface area contributed by atoms with Gasteiger partial charge in [-0.15, -0.1) is 0 Å². The van der Waals surface area contributed by atoms with E-state index in [1.165, 1.54) is 6.42 Å². The number of benzene rings is 1. The lowest BCUT2D eigenvalue weighted by Crippen LogP contribution is -2.41. The summed E-state index contributed by atoms with van der Waals surface area (Å²) in [6, 6.07) is 8.31.